The van der Waals surface area contributed by atoms with Crippen molar-refractivity contribution < 1.29 is 19.1 Å². The molecule has 42 heavy (non-hydrogen) atoms. The minimum Gasteiger partial charge on any atom is -0.445 e. The molecule has 0 saturated carbocycles. The summed E-state index contributed by atoms with van der Waals surface area (Å²) in [6.07, 6.45) is 3.76. The van der Waals surface area contributed by atoms with Crippen molar-refractivity contribution in [2.24, 2.45) is 5.92 Å². The van der Waals surface area contributed by atoms with E-state index in [-0.39, 0.29) is 36.5 Å². The number of anilines is 1. The number of carbonyl (C=O) groups excluding carboxylic acids is 3. The largest absolute Gasteiger partial charge is 0.445 e. The molecule has 228 valence electrons. The molecule has 2 aliphatic heterocycles. The first-order chi connectivity index (χ1) is 20.3. The summed E-state index contributed by atoms with van der Waals surface area (Å²) in [7, 11) is 0. The Labute approximate surface area is 255 Å². The van der Waals surface area contributed by atoms with Gasteiger partial charge >= 0.3 is 6.09 Å². The highest BCUT2D eigenvalue weighted by atomic mass is 35.5. The normalized spacial score (nSPS) is 16.7. The lowest BCUT2D eigenvalue weighted by Crippen LogP contribution is -2.48. The van der Waals surface area contributed by atoms with E-state index in [2.05, 4.69) is 4.90 Å². The molecule has 0 unspecified atom stereocenters. The first kappa shape index (κ1) is 31.8. The second-order valence-electron chi connectivity index (χ2n) is 11.5. The van der Waals surface area contributed by atoms with Crippen molar-refractivity contribution in [3.63, 3.8) is 0 Å². The number of aryl methyl sites for hydroxylation is 1. The molecule has 0 N–H and O–H groups in total. The van der Waals surface area contributed by atoms with Gasteiger partial charge in [0.25, 0.3) is 0 Å². The summed E-state index contributed by atoms with van der Waals surface area (Å²) in [5.41, 5.74) is 2.80. The van der Waals surface area contributed by atoms with Gasteiger partial charge in [-0.3, -0.25) is 9.59 Å². The van der Waals surface area contributed by atoms with Gasteiger partial charge in [0.15, 0.2) is 0 Å². The van der Waals surface area contributed by atoms with E-state index in [4.69, 9.17) is 16.3 Å². The molecule has 2 heterocycles. The summed E-state index contributed by atoms with van der Waals surface area (Å²) in [5.74, 6) is 0.0838. The fourth-order valence-corrected chi connectivity index (χ4v) is 6.20. The van der Waals surface area contributed by atoms with Gasteiger partial charge in [0, 0.05) is 68.9 Å². The zero-order chi connectivity index (χ0) is 30.1. The van der Waals surface area contributed by atoms with Crippen molar-refractivity contribution in [2.75, 3.05) is 50.7 Å². The van der Waals surface area contributed by atoms with Crippen molar-refractivity contribution in [3.05, 3.63) is 64.7 Å². The third-order valence-electron chi connectivity index (χ3n) is 8.66. The SMILES string of the molecule is CCN(C(=O)OCc1ccccc1)C1CCN(CCCN(C(=O)C2CCN(C(C)=O)CC2)c2ccc(C)c(Cl)c2)CC1. The molecular formula is C33H45ClN4O4. The standard InChI is InChI=1S/C33H45ClN4O4/c1-4-37(33(41)42-24-27-9-6-5-7-10-27)29-15-19-35(20-16-29)17-8-18-38(30-12-11-25(2)31(34)23-30)32(40)28-13-21-36(22-14-28)26(3)39/h5-7,9-12,23,28-29H,4,8,13-22,24H2,1-3H3. The van der Waals surface area contributed by atoms with Gasteiger partial charge in [0.05, 0.1) is 0 Å². The van der Waals surface area contributed by atoms with Crippen LogP contribution in [0.1, 0.15) is 57.1 Å². The molecule has 2 saturated heterocycles. The number of piperidine rings is 2. The van der Waals surface area contributed by atoms with Gasteiger partial charge in [-0.25, -0.2) is 4.79 Å². The van der Waals surface area contributed by atoms with Crippen LogP contribution in [0.3, 0.4) is 0 Å². The van der Waals surface area contributed by atoms with Crippen LogP contribution in [0.5, 0.6) is 0 Å². The molecule has 0 spiro atoms. The molecule has 4 rings (SSSR count). The second-order valence-corrected chi connectivity index (χ2v) is 11.9. The number of amides is 3. The van der Waals surface area contributed by atoms with Gasteiger partial charge in [-0.05, 0) is 75.8 Å². The lowest BCUT2D eigenvalue weighted by Gasteiger charge is -2.38. The Kier molecular flexibility index (Phi) is 11.7. The molecule has 2 aliphatic rings. The van der Waals surface area contributed by atoms with Gasteiger partial charge in [-0.15, -0.1) is 0 Å². The number of benzene rings is 2. The Morgan fingerprint density at radius 2 is 1.67 bits per heavy atom. The molecule has 0 aliphatic carbocycles. The number of ether oxygens (including phenoxy) is 1. The zero-order valence-electron chi connectivity index (χ0n) is 25.3. The number of carbonyl (C=O) groups is 3. The van der Waals surface area contributed by atoms with Crippen LogP contribution in [0, 0.1) is 12.8 Å². The van der Waals surface area contributed by atoms with E-state index in [9.17, 15) is 14.4 Å². The van der Waals surface area contributed by atoms with Crippen molar-refractivity contribution in [2.45, 2.75) is 65.5 Å². The van der Waals surface area contributed by atoms with E-state index in [0.29, 0.717) is 44.0 Å². The summed E-state index contributed by atoms with van der Waals surface area (Å²) >= 11 is 6.46. The lowest BCUT2D eigenvalue weighted by molar-refractivity contribution is -0.133. The molecule has 0 radical (unpaired) electrons. The van der Waals surface area contributed by atoms with E-state index in [1.165, 1.54) is 0 Å². The van der Waals surface area contributed by atoms with Gasteiger partial charge in [0.1, 0.15) is 6.61 Å². The number of nitrogens with zero attached hydrogens (tertiary/aromatic N) is 4. The highest BCUT2D eigenvalue weighted by Crippen LogP contribution is 2.28. The highest BCUT2D eigenvalue weighted by molar-refractivity contribution is 6.31. The smallest absolute Gasteiger partial charge is 0.410 e. The number of hydrogen-bond acceptors (Lipinski definition) is 5. The molecule has 9 heteroatoms. The van der Waals surface area contributed by atoms with E-state index in [1.54, 1.807) is 6.92 Å². The van der Waals surface area contributed by atoms with Crippen LogP contribution >= 0.6 is 11.6 Å². The predicted octanol–water partition coefficient (Wildman–Crippen LogP) is 5.75. The summed E-state index contributed by atoms with van der Waals surface area (Å²) in [5, 5.41) is 0.654. The number of rotatable bonds is 10. The van der Waals surface area contributed by atoms with Crippen LogP contribution in [-0.4, -0.2) is 84.5 Å². The Morgan fingerprint density at radius 3 is 2.29 bits per heavy atom. The Hall–Kier alpha value is -3.10. The first-order valence-electron chi connectivity index (χ1n) is 15.3. The average Bonchev–Trinajstić information content (AvgIpc) is 3.01. The summed E-state index contributed by atoms with van der Waals surface area (Å²) in [6, 6.07) is 15.8. The molecule has 8 nitrogen and oxygen atoms in total. The summed E-state index contributed by atoms with van der Waals surface area (Å²) in [4.78, 5) is 46.3. The zero-order valence-corrected chi connectivity index (χ0v) is 26.0. The minimum atomic E-state index is -0.250. The van der Waals surface area contributed by atoms with Crippen LogP contribution in [0.25, 0.3) is 0 Å². The van der Waals surface area contributed by atoms with Crippen LogP contribution in [0.2, 0.25) is 5.02 Å². The number of hydrogen-bond donors (Lipinski definition) is 0. The predicted molar refractivity (Wildman–Crippen MR) is 167 cm³/mol. The maximum Gasteiger partial charge on any atom is 0.410 e. The van der Waals surface area contributed by atoms with Crippen molar-refractivity contribution in [1.29, 1.82) is 0 Å². The van der Waals surface area contributed by atoms with Crippen molar-refractivity contribution in [1.82, 2.24) is 14.7 Å². The molecule has 2 fully saturated rings. The minimum absolute atomic E-state index is 0.0676. The van der Waals surface area contributed by atoms with E-state index < -0.39 is 0 Å². The van der Waals surface area contributed by atoms with Gasteiger partial charge in [0.2, 0.25) is 11.8 Å². The summed E-state index contributed by atoms with van der Waals surface area (Å²) < 4.78 is 5.61. The van der Waals surface area contributed by atoms with Crippen LogP contribution in [0.4, 0.5) is 10.5 Å². The summed E-state index contributed by atoms with van der Waals surface area (Å²) in [6.45, 7) is 11.0. The topological polar surface area (TPSA) is 73.4 Å². The van der Waals surface area contributed by atoms with Gasteiger partial charge < -0.3 is 24.3 Å². The molecule has 0 atom stereocenters. The van der Waals surface area contributed by atoms with Gasteiger partial charge in [-0.1, -0.05) is 48.0 Å². The lowest BCUT2D eigenvalue weighted by atomic mass is 9.94. The maximum atomic E-state index is 13.7. The molecule has 2 aromatic carbocycles. The number of halogens is 1. The van der Waals surface area contributed by atoms with Crippen LogP contribution in [-0.2, 0) is 20.9 Å². The average molecular weight is 597 g/mol. The van der Waals surface area contributed by atoms with Crippen molar-refractivity contribution in [3.8, 4) is 0 Å². The van der Waals surface area contributed by atoms with Crippen LogP contribution < -0.4 is 4.90 Å². The highest BCUT2D eigenvalue weighted by Gasteiger charge is 2.31. The fraction of sp³-hybridized carbons (Fsp3) is 0.545. The number of likely N-dealkylation sites (tertiary alicyclic amines) is 2. The maximum absolute atomic E-state index is 13.7. The molecule has 0 bridgehead atoms. The molecule has 3 amide bonds. The van der Waals surface area contributed by atoms with E-state index in [1.807, 2.05) is 77.1 Å². The van der Waals surface area contributed by atoms with Crippen LogP contribution in [0.15, 0.2) is 48.5 Å². The second kappa shape index (κ2) is 15.4. The quantitative estimate of drug-likeness (QED) is 0.349. The Balaban J connectivity index is 1.28. The Morgan fingerprint density at radius 1 is 0.976 bits per heavy atom. The van der Waals surface area contributed by atoms with E-state index >= 15 is 0 Å². The van der Waals surface area contributed by atoms with E-state index in [0.717, 1.165) is 55.7 Å². The molecular weight excluding hydrogens is 552 g/mol. The third kappa shape index (κ3) is 8.48. The first-order valence-corrected chi connectivity index (χ1v) is 15.7. The van der Waals surface area contributed by atoms with Gasteiger partial charge in [-0.2, -0.15) is 0 Å². The fourth-order valence-electron chi connectivity index (χ4n) is 6.02. The third-order valence-corrected chi connectivity index (χ3v) is 9.06. The Bertz CT molecular complexity index is 1190. The van der Waals surface area contributed by atoms with Crippen molar-refractivity contribution >= 4 is 35.2 Å². The molecule has 2 aromatic rings. The monoisotopic (exact) mass is 596 g/mol. The molecule has 0 aromatic heterocycles.